The number of hydrogen-bond donors (Lipinski definition) is 3. The van der Waals surface area contributed by atoms with Crippen LogP contribution in [0.2, 0.25) is 0 Å². The molecule has 3 N–H and O–H groups in total. The zero-order valence-corrected chi connectivity index (χ0v) is 26.4. The van der Waals surface area contributed by atoms with E-state index in [2.05, 4.69) is 15.6 Å². The number of rotatable bonds is 11. The van der Waals surface area contributed by atoms with Gasteiger partial charge in [-0.25, -0.2) is 4.79 Å². The van der Waals surface area contributed by atoms with Crippen LogP contribution >= 0.6 is 0 Å². The molecule has 0 aliphatic heterocycles. The van der Waals surface area contributed by atoms with Gasteiger partial charge in [-0.1, -0.05) is 42.5 Å². The molecule has 0 aliphatic rings. The molecule has 1 atom stereocenters. The standard InChI is InChI=1S/C35H39N3O7/c1-21-12-13-24(29(39)18-23(22-10-8-7-9-11-22)14-15-36-34(42)45-35(2,3)4)17-27(21)37-32(40)26-16-25-19-30(43-5)31(44-6)20-28(25)38-33(26)41/h7-13,16-17,19-20,23H,14-15,18H2,1-6H3,(H,36,42)(H,37,40)(H,38,41)/t23-/m0/s1. The molecule has 0 aliphatic carbocycles. The SMILES string of the molecule is COc1cc2cc(C(=O)Nc3cc(C(=O)C[C@H](CCNC(=O)OC(C)(C)C)c4ccccc4)ccc3C)c(=O)[nH]c2cc1OC. The summed E-state index contributed by atoms with van der Waals surface area (Å²) in [6.07, 6.45) is 0.196. The number of benzene rings is 3. The van der Waals surface area contributed by atoms with Gasteiger partial charge in [-0.05, 0) is 69.4 Å². The number of pyridine rings is 1. The lowest BCUT2D eigenvalue weighted by Crippen LogP contribution is -2.33. The Kier molecular flexibility index (Phi) is 10.3. The van der Waals surface area contributed by atoms with Crippen molar-refractivity contribution < 1.29 is 28.6 Å². The van der Waals surface area contributed by atoms with Gasteiger partial charge in [0.1, 0.15) is 11.2 Å². The lowest BCUT2D eigenvalue weighted by molar-refractivity contribution is 0.0526. The van der Waals surface area contributed by atoms with Gasteiger partial charge in [-0.3, -0.25) is 14.4 Å². The highest BCUT2D eigenvalue weighted by Gasteiger charge is 2.21. The molecule has 0 saturated heterocycles. The van der Waals surface area contributed by atoms with E-state index in [1.165, 1.54) is 20.3 Å². The van der Waals surface area contributed by atoms with E-state index in [0.29, 0.717) is 46.6 Å². The van der Waals surface area contributed by atoms with Gasteiger partial charge in [0, 0.05) is 35.7 Å². The number of aromatic nitrogens is 1. The van der Waals surface area contributed by atoms with Crippen LogP contribution in [0.4, 0.5) is 10.5 Å². The van der Waals surface area contributed by atoms with E-state index >= 15 is 0 Å². The second kappa shape index (κ2) is 14.1. The molecule has 0 bridgehead atoms. The topological polar surface area (TPSA) is 136 Å². The number of H-pyrrole nitrogens is 1. The molecule has 0 unspecified atom stereocenters. The highest BCUT2D eigenvalue weighted by atomic mass is 16.6. The number of aromatic amines is 1. The molecule has 45 heavy (non-hydrogen) atoms. The van der Waals surface area contributed by atoms with Crippen molar-refractivity contribution >= 4 is 34.4 Å². The molecule has 236 valence electrons. The Labute approximate surface area is 262 Å². The summed E-state index contributed by atoms with van der Waals surface area (Å²) in [5, 5.41) is 6.16. The predicted octanol–water partition coefficient (Wildman–Crippen LogP) is 6.38. The van der Waals surface area contributed by atoms with E-state index in [0.717, 1.165) is 11.1 Å². The molecular formula is C35H39N3O7. The Morgan fingerprint density at radius 3 is 2.27 bits per heavy atom. The second-order valence-electron chi connectivity index (χ2n) is 11.7. The third-order valence-electron chi connectivity index (χ3n) is 7.26. The number of methoxy groups -OCH3 is 2. The molecule has 0 spiro atoms. The molecule has 0 saturated carbocycles. The van der Waals surface area contributed by atoms with Crippen molar-refractivity contribution in [1.29, 1.82) is 0 Å². The molecular weight excluding hydrogens is 574 g/mol. The first-order valence-corrected chi connectivity index (χ1v) is 14.6. The number of amides is 2. The number of aryl methyl sites for hydroxylation is 1. The normalized spacial score (nSPS) is 11.9. The molecule has 4 rings (SSSR count). The Bertz CT molecular complexity index is 1760. The number of alkyl carbamates (subject to hydrolysis) is 1. The molecule has 4 aromatic rings. The van der Waals surface area contributed by atoms with Crippen LogP contribution in [-0.2, 0) is 4.74 Å². The van der Waals surface area contributed by atoms with Gasteiger partial charge in [0.15, 0.2) is 17.3 Å². The average Bonchev–Trinajstić information content (AvgIpc) is 3.00. The molecule has 3 aromatic carbocycles. The molecule has 10 heteroatoms. The highest BCUT2D eigenvalue weighted by Crippen LogP contribution is 2.31. The maximum absolute atomic E-state index is 13.5. The number of ether oxygens (including phenoxy) is 3. The van der Waals surface area contributed by atoms with Gasteiger partial charge in [-0.2, -0.15) is 0 Å². The number of fused-ring (bicyclic) bond motifs is 1. The van der Waals surface area contributed by atoms with Crippen molar-refractivity contribution in [2.24, 2.45) is 0 Å². The van der Waals surface area contributed by atoms with Crippen LogP contribution in [0.25, 0.3) is 10.9 Å². The zero-order chi connectivity index (χ0) is 32.7. The lowest BCUT2D eigenvalue weighted by atomic mass is 9.88. The third kappa shape index (κ3) is 8.50. The number of hydrogen-bond acceptors (Lipinski definition) is 7. The van der Waals surface area contributed by atoms with E-state index in [1.54, 1.807) is 58.0 Å². The first-order chi connectivity index (χ1) is 21.4. The Balaban J connectivity index is 1.52. The van der Waals surface area contributed by atoms with E-state index in [4.69, 9.17) is 14.2 Å². The summed E-state index contributed by atoms with van der Waals surface area (Å²) in [5.74, 6) is 0.000594. The van der Waals surface area contributed by atoms with Crippen molar-refractivity contribution in [3.63, 3.8) is 0 Å². The van der Waals surface area contributed by atoms with Crippen LogP contribution in [0.1, 0.15) is 71.4 Å². The van der Waals surface area contributed by atoms with Crippen LogP contribution in [0.3, 0.4) is 0 Å². The quantitative estimate of drug-likeness (QED) is 0.167. The number of anilines is 1. The zero-order valence-electron chi connectivity index (χ0n) is 26.4. The van der Waals surface area contributed by atoms with Crippen LogP contribution in [0.5, 0.6) is 11.5 Å². The van der Waals surface area contributed by atoms with Crippen LogP contribution < -0.4 is 25.7 Å². The number of carbonyl (C=O) groups is 3. The van der Waals surface area contributed by atoms with Crippen molar-refractivity contribution in [3.8, 4) is 11.5 Å². The summed E-state index contributed by atoms with van der Waals surface area (Å²) < 4.78 is 16.0. The minimum absolute atomic E-state index is 0.0903. The van der Waals surface area contributed by atoms with Gasteiger partial charge < -0.3 is 29.8 Å². The summed E-state index contributed by atoms with van der Waals surface area (Å²) in [5.41, 5.74) is 1.76. The van der Waals surface area contributed by atoms with E-state index in [9.17, 15) is 19.2 Å². The lowest BCUT2D eigenvalue weighted by Gasteiger charge is -2.21. The molecule has 10 nitrogen and oxygen atoms in total. The first kappa shape index (κ1) is 32.8. The fourth-order valence-corrected chi connectivity index (χ4v) is 4.94. The smallest absolute Gasteiger partial charge is 0.407 e. The maximum Gasteiger partial charge on any atom is 0.407 e. The van der Waals surface area contributed by atoms with E-state index < -0.39 is 23.2 Å². The summed E-state index contributed by atoms with van der Waals surface area (Å²) in [4.78, 5) is 54.6. The number of carbonyl (C=O) groups excluding carboxylic acids is 3. The second-order valence-corrected chi connectivity index (χ2v) is 11.7. The predicted molar refractivity (Wildman–Crippen MR) is 174 cm³/mol. The maximum atomic E-state index is 13.5. The molecule has 0 radical (unpaired) electrons. The molecule has 1 aromatic heterocycles. The minimum atomic E-state index is -0.615. The number of nitrogens with one attached hydrogen (secondary N) is 3. The monoisotopic (exact) mass is 613 g/mol. The third-order valence-corrected chi connectivity index (χ3v) is 7.26. The van der Waals surface area contributed by atoms with Gasteiger partial charge in [0.05, 0.1) is 19.7 Å². The van der Waals surface area contributed by atoms with Gasteiger partial charge in [0.2, 0.25) is 0 Å². The summed E-state index contributed by atoms with van der Waals surface area (Å²) >= 11 is 0. The Morgan fingerprint density at radius 1 is 0.911 bits per heavy atom. The van der Waals surface area contributed by atoms with Gasteiger partial charge >= 0.3 is 6.09 Å². The fourth-order valence-electron chi connectivity index (χ4n) is 4.94. The Morgan fingerprint density at radius 2 is 1.60 bits per heavy atom. The van der Waals surface area contributed by atoms with Crippen LogP contribution in [0, 0.1) is 6.92 Å². The number of Topliss-reactive ketones (excluding diaryl/α,β-unsaturated/α-hetero) is 1. The largest absolute Gasteiger partial charge is 0.493 e. The number of ketones is 1. The minimum Gasteiger partial charge on any atom is -0.493 e. The van der Waals surface area contributed by atoms with Gasteiger partial charge in [0.25, 0.3) is 11.5 Å². The molecule has 2 amide bonds. The van der Waals surface area contributed by atoms with E-state index in [1.807, 2.05) is 30.3 Å². The average molecular weight is 614 g/mol. The van der Waals surface area contributed by atoms with Gasteiger partial charge in [-0.15, -0.1) is 0 Å². The van der Waals surface area contributed by atoms with Crippen molar-refractivity contribution in [1.82, 2.24) is 10.3 Å². The van der Waals surface area contributed by atoms with Crippen LogP contribution in [-0.4, -0.2) is 49.1 Å². The fraction of sp³-hybridized carbons (Fsp3) is 0.314. The van der Waals surface area contributed by atoms with Crippen molar-refractivity contribution in [2.45, 2.75) is 52.1 Å². The van der Waals surface area contributed by atoms with Crippen molar-refractivity contribution in [3.05, 3.63) is 99.3 Å². The first-order valence-electron chi connectivity index (χ1n) is 14.6. The molecule has 0 fully saturated rings. The Hall–Kier alpha value is -5.12. The molecule has 1 heterocycles. The summed E-state index contributed by atoms with van der Waals surface area (Å²) in [6, 6.07) is 19.5. The van der Waals surface area contributed by atoms with Crippen molar-refractivity contribution in [2.75, 3.05) is 26.1 Å². The highest BCUT2D eigenvalue weighted by molar-refractivity contribution is 6.07. The van der Waals surface area contributed by atoms with E-state index in [-0.39, 0.29) is 23.7 Å². The summed E-state index contributed by atoms with van der Waals surface area (Å²) in [6.45, 7) is 7.53. The van der Waals surface area contributed by atoms with Crippen LogP contribution in [0.15, 0.2) is 71.5 Å². The summed E-state index contributed by atoms with van der Waals surface area (Å²) in [7, 11) is 3.00.